The molecule has 3 rings (SSSR count). The van der Waals surface area contributed by atoms with E-state index in [1.54, 1.807) is 0 Å². The number of anilines is 1. The molecule has 0 radical (unpaired) electrons. The van der Waals surface area contributed by atoms with E-state index < -0.39 is 0 Å². The molecule has 0 aromatic carbocycles. The monoisotopic (exact) mass is 302 g/mol. The first-order valence-corrected chi connectivity index (χ1v) is 8.44. The molecule has 1 aliphatic heterocycles. The smallest absolute Gasteiger partial charge is 0.399 e. The lowest BCUT2D eigenvalue weighted by molar-refractivity contribution is 0.00578. The Kier molecular flexibility index (Phi) is 4.21. The largest absolute Gasteiger partial charge is 0.496 e. The van der Waals surface area contributed by atoms with Crippen LogP contribution in [0.25, 0.3) is 0 Å². The van der Waals surface area contributed by atoms with Crippen molar-refractivity contribution in [2.24, 2.45) is 0 Å². The summed E-state index contributed by atoms with van der Waals surface area (Å²) in [6.07, 6.45) is 10.2. The van der Waals surface area contributed by atoms with E-state index in [1.807, 2.05) is 12.4 Å². The fourth-order valence-corrected chi connectivity index (χ4v) is 3.13. The lowest BCUT2D eigenvalue weighted by Crippen LogP contribution is -2.41. The van der Waals surface area contributed by atoms with Crippen LogP contribution in [-0.4, -0.2) is 29.3 Å². The highest BCUT2D eigenvalue weighted by Crippen LogP contribution is 2.36. The maximum Gasteiger partial charge on any atom is 0.496 e. The summed E-state index contributed by atoms with van der Waals surface area (Å²) in [4.78, 5) is 4.37. The van der Waals surface area contributed by atoms with E-state index in [1.165, 1.54) is 32.1 Å². The molecule has 1 aromatic heterocycles. The molecule has 0 amide bonds. The van der Waals surface area contributed by atoms with Crippen LogP contribution in [-0.2, 0) is 9.31 Å². The van der Waals surface area contributed by atoms with E-state index >= 15 is 0 Å². The molecule has 0 atom stereocenters. The van der Waals surface area contributed by atoms with Gasteiger partial charge < -0.3 is 14.6 Å². The van der Waals surface area contributed by atoms with Gasteiger partial charge >= 0.3 is 7.12 Å². The van der Waals surface area contributed by atoms with Crippen LogP contribution in [0.5, 0.6) is 0 Å². The fraction of sp³-hybridized carbons (Fsp3) is 0.706. The topological polar surface area (TPSA) is 43.4 Å². The van der Waals surface area contributed by atoms with E-state index in [9.17, 15) is 0 Å². The second-order valence-corrected chi connectivity index (χ2v) is 7.57. The van der Waals surface area contributed by atoms with Gasteiger partial charge in [0.2, 0.25) is 0 Å². The van der Waals surface area contributed by atoms with Crippen LogP contribution in [0.1, 0.15) is 59.8 Å². The van der Waals surface area contributed by atoms with Crippen molar-refractivity contribution in [1.29, 1.82) is 0 Å². The molecule has 4 nitrogen and oxygen atoms in total. The zero-order chi connectivity index (χ0) is 15.8. The predicted octanol–water partition coefficient (Wildman–Crippen LogP) is 3.13. The molecule has 2 heterocycles. The van der Waals surface area contributed by atoms with Gasteiger partial charge in [-0.3, -0.25) is 4.98 Å². The van der Waals surface area contributed by atoms with Crippen molar-refractivity contribution in [1.82, 2.24) is 4.98 Å². The molecule has 2 fully saturated rings. The van der Waals surface area contributed by atoms with E-state index in [0.29, 0.717) is 6.04 Å². The molecular formula is C17H27BN2O2. The molecule has 1 N–H and O–H groups in total. The summed E-state index contributed by atoms with van der Waals surface area (Å²) in [6.45, 7) is 8.30. The summed E-state index contributed by atoms with van der Waals surface area (Å²) in [5.74, 6) is 0. The van der Waals surface area contributed by atoms with Crippen LogP contribution in [0.2, 0.25) is 0 Å². The van der Waals surface area contributed by atoms with Gasteiger partial charge in [-0.2, -0.15) is 0 Å². The third-order valence-corrected chi connectivity index (χ3v) is 5.26. The van der Waals surface area contributed by atoms with Crippen LogP contribution in [0.15, 0.2) is 18.5 Å². The molecule has 1 saturated carbocycles. The second kappa shape index (κ2) is 5.86. The first-order valence-electron chi connectivity index (χ1n) is 8.44. The van der Waals surface area contributed by atoms with Gasteiger partial charge in [-0.1, -0.05) is 19.3 Å². The molecule has 1 aliphatic carbocycles. The highest BCUT2D eigenvalue weighted by atomic mass is 16.7. The van der Waals surface area contributed by atoms with Crippen LogP contribution in [0.3, 0.4) is 0 Å². The van der Waals surface area contributed by atoms with Gasteiger partial charge in [-0.25, -0.2) is 0 Å². The van der Waals surface area contributed by atoms with Crippen molar-refractivity contribution < 1.29 is 9.31 Å². The SMILES string of the molecule is CC1(C)OB(c2cncc(NC3CCCCC3)c2)OC1(C)C. The average molecular weight is 302 g/mol. The minimum atomic E-state index is -0.342. The number of pyridine rings is 1. The van der Waals surface area contributed by atoms with Crippen LogP contribution >= 0.6 is 0 Å². The Hall–Kier alpha value is -1.07. The van der Waals surface area contributed by atoms with E-state index in [0.717, 1.165) is 11.2 Å². The lowest BCUT2D eigenvalue weighted by Gasteiger charge is -2.32. The second-order valence-electron chi connectivity index (χ2n) is 7.57. The van der Waals surface area contributed by atoms with E-state index in [-0.39, 0.29) is 18.3 Å². The highest BCUT2D eigenvalue weighted by Gasteiger charge is 2.51. The van der Waals surface area contributed by atoms with Crippen molar-refractivity contribution in [2.45, 2.75) is 77.0 Å². The van der Waals surface area contributed by atoms with Gasteiger partial charge in [0.25, 0.3) is 0 Å². The van der Waals surface area contributed by atoms with E-state index in [2.05, 4.69) is 44.1 Å². The quantitative estimate of drug-likeness (QED) is 0.871. The summed E-state index contributed by atoms with van der Waals surface area (Å²) in [5, 5.41) is 3.61. The zero-order valence-electron chi connectivity index (χ0n) is 14.2. The first kappa shape index (κ1) is 15.8. The number of aromatic nitrogens is 1. The Balaban J connectivity index is 1.72. The first-order chi connectivity index (χ1) is 10.4. The third-order valence-electron chi connectivity index (χ3n) is 5.26. The average Bonchev–Trinajstić information content (AvgIpc) is 2.69. The van der Waals surface area contributed by atoms with Gasteiger partial charge in [-0.15, -0.1) is 0 Å². The standard InChI is InChI=1S/C17H27BN2O2/c1-16(2)17(3,4)22-18(21-16)13-10-15(12-19-11-13)20-14-8-6-5-7-9-14/h10-12,14,20H,5-9H2,1-4H3. The van der Waals surface area contributed by atoms with Gasteiger partial charge in [-0.05, 0) is 46.6 Å². The summed E-state index contributed by atoms with van der Waals surface area (Å²) in [5.41, 5.74) is 1.42. The third kappa shape index (κ3) is 3.16. The molecule has 22 heavy (non-hydrogen) atoms. The Morgan fingerprint density at radius 3 is 2.32 bits per heavy atom. The van der Waals surface area contributed by atoms with Crippen LogP contribution in [0, 0.1) is 0 Å². The minimum absolute atomic E-state index is 0.315. The molecule has 5 heteroatoms. The lowest BCUT2D eigenvalue weighted by atomic mass is 9.80. The van der Waals surface area contributed by atoms with Crippen LogP contribution in [0.4, 0.5) is 5.69 Å². The molecule has 1 aromatic rings. The molecule has 120 valence electrons. The molecule has 0 unspecified atom stereocenters. The molecule has 2 aliphatic rings. The van der Waals surface area contributed by atoms with Crippen molar-refractivity contribution in [3.8, 4) is 0 Å². The summed E-state index contributed by atoms with van der Waals surface area (Å²) in [6, 6.07) is 2.69. The fourth-order valence-electron chi connectivity index (χ4n) is 3.13. The summed E-state index contributed by atoms with van der Waals surface area (Å²) >= 11 is 0. The Bertz CT molecular complexity index is 511. The normalized spacial score (nSPS) is 24.5. The number of rotatable bonds is 3. The van der Waals surface area contributed by atoms with Crippen molar-refractivity contribution in [3.05, 3.63) is 18.5 Å². The van der Waals surface area contributed by atoms with E-state index in [4.69, 9.17) is 9.31 Å². The molecule has 0 bridgehead atoms. The van der Waals surface area contributed by atoms with Crippen molar-refractivity contribution in [2.75, 3.05) is 5.32 Å². The number of nitrogens with zero attached hydrogens (tertiary/aromatic N) is 1. The Morgan fingerprint density at radius 1 is 1.05 bits per heavy atom. The van der Waals surface area contributed by atoms with Gasteiger partial charge in [0.05, 0.1) is 16.9 Å². The molecular weight excluding hydrogens is 275 g/mol. The van der Waals surface area contributed by atoms with Crippen LogP contribution < -0.4 is 10.8 Å². The maximum absolute atomic E-state index is 6.11. The molecule has 1 saturated heterocycles. The van der Waals surface area contributed by atoms with Gasteiger partial charge in [0.1, 0.15) is 0 Å². The number of hydrogen-bond acceptors (Lipinski definition) is 4. The molecule has 0 spiro atoms. The minimum Gasteiger partial charge on any atom is -0.399 e. The highest BCUT2D eigenvalue weighted by molar-refractivity contribution is 6.62. The van der Waals surface area contributed by atoms with Gasteiger partial charge in [0, 0.05) is 23.9 Å². The Morgan fingerprint density at radius 2 is 1.68 bits per heavy atom. The Labute approximate surface area is 134 Å². The zero-order valence-corrected chi connectivity index (χ0v) is 14.2. The summed E-state index contributed by atoms with van der Waals surface area (Å²) < 4.78 is 12.2. The van der Waals surface area contributed by atoms with Crippen molar-refractivity contribution in [3.63, 3.8) is 0 Å². The maximum atomic E-state index is 6.11. The number of nitrogens with one attached hydrogen (secondary N) is 1. The summed E-state index contributed by atoms with van der Waals surface area (Å²) in [7, 11) is -0.342. The van der Waals surface area contributed by atoms with Gasteiger partial charge in [0.15, 0.2) is 0 Å². The number of hydrogen-bond donors (Lipinski definition) is 1. The predicted molar refractivity (Wildman–Crippen MR) is 90.4 cm³/mol. The van der Waals surface area contributed by atoms with Crippen molar-refractivity contribution >= 4 is 18.3 Å².